The number of hydrogen-bond acceptors (Lipinski definition) is 8. The number of aromatic hydroxyl groups is 1. The summed E-state index contributed by atoms with van der Waals surface area (Å²) in [6, 6.07) is 15.2. The molecule has 3 aromatic carbocycles. The number of phenols is 1. The molecule has 2 amide bonds. The van der Waals surface area contributed by atoms with Crippen molar-refractivity contribution in [1.29, 1.82) is 0 Å². The van der Waals surface area contributed by atoms with Crippen molar-refractivity contribution in [1.82, 2.24) is 0 Å². The van der Waals surface area contributed by atoms with Gasteiger partial charge in [-0.05, 0) is 71.2 Å². The summed E-state index contributed by atoms with van der Waals surface area (Å²) in [7, 11) is 1.48. The van der Waals surface area contributed by atoms with E-state index in [2.05, 4.69) is 42.5 Å². The predicted molar refractivity (Wildman–Crippen MR) is 158 cm³/mol. The lowest BCUT2D eigenvalue weighted by Gasteiger charge is -2.27. The van der Waals surface area contributed by atoms with Crippen molar-refractivity contribution < 1.29 is 33.6 Å². The number of amides is 2. The van der Waals surface area contributed by atoms with E-state index in [1.165, 1.54) is 13.2 Å². The summed E-state index contributed by atoms with van der Waals surface area (Å²) in [6.45, 7) is 0.105. The number of benzene rings is 3. The lowest BCUT2D eigenvalue weighted by atomic mass is 9.99. The zero-order chi connectivity index (χ0) is 28.6. The molecule has 12 heteroatoms. The van der Waals surface area contributed by atoms with E-state index < -0.39 is 18.3 Å². The number of halogens is 2. The van der Waals surface area contributed by atoms with Gasteiger partial charge in [0.25, 0.3) is 0 Å². The van der Waals surface area contributed by atoms with Crippen LogP contribution in [0.4, 0.5) is 21.9 Å². The maximum Gasteiger partial charge on any atom is 0.412 e. The maximum absolute atomic E-state index is 13.0. The highest BCUT2D eigenvalue weighted by Gasteiger charge is 2.30. The van der Waals surface area contributed by atoms with Crippen LogP contribution in [0.1, 0.15) is 24.5 Å². The number of nitrogens with two attached hydrogens (primary N) is 1. The summed E-state index contributed by atoms with van der Waals surface area (Å²) >= 11 is 6.75. The first kappa shape index (κ1) is 29.2. The van der Waals surface area contributed by atoms with Gasteiger partial charge in [-0.3, -0.25) is 10.1 Å². The van der Waals surface area contributed by atoms with Crippen LogP contribution < -0.4 is 25.8 Å². The Bertz CT molecular complexity index is 1420. The molecule has 2 atom stereocenters. The van der Waals surface area contributed by atoms with E-state index in [0.29, 0.717) is 55.9 Å². The van der Waals surface area contributed by atoms with Gasteiger partial charge in [0.15, 0.2) is 17.6 Å². The Morgan fingerprint density at radius 2 is 1.88 bits per heavy atom. The molecular weight excluding hydrogens is 650 g/mol. The summed E-state index contributed by atoms with van der Waals surface area (Å²) in [5.74, 6) is 0.649. The van der Waals surface area contributed by atoms with Crippen LogP contribution >= 0.6 is 31.9 Å². The second kappa shape index (κ2) is 13.6. The fraction of sp³-hybridized carbons (Fsp3) is 0.214. The first-order valence-corrected chi connectivity index (χ1v) is 13.7. The minimum absolute atomic E-state index is 0.0958. The summed E-state index contributed by atoms with van der Waals surface area (Å²) < 4.78 is 23.2. The van der Waals surface area contributed by atoms with Crippen LogP contribution in [-0.4, -0.2) is 37.1 Å². The maximum atomic E-state index is 13.0. The Morgan fingerprint density at radius 3 is 2.65 bits per heavy atom. The molecule has 40 heavy (non-hydrogen) atoms. The third kappa shape index (κ3) is 7.46. The molecule has 0 spiro atoms. The second-order valence-corrected chi connectivity index (χ2v) is 10.4. The van der Waals surface area contributed by atoms with Gasteiger partial charge in [-0.1, -0.05) is 34.1 Å². The summed E-state index contributed by atoms with van der Waals surface area (Å²) in [5, 5.41) is 16.2. The average molecular weight is 677 g/mol. The van der Waals surface area contributed by atoms with Crippen molar-refractivity contribution in [3.05, 3.63) is 81.3 Å². The lowest BCUT2D eigenvalue weighted by Crippen LogP contribution is -2.28. The average Bonchev–Trinajstić information content (AvgIpc) is 3.39. The van der Waals surface area contributed by atoms with Gasteiger partial charge < -0.3 is 35.1 Å². The SMILES string of the molecule is CO[C@@H](CC/C=C/C(=O)Nc1ccccc1N)[C@@H](OC(=O)Nc1ccc2c(c1)OCO2)c1cc(Br)cc(Br)c1O. The van der Waals surface area contributed by atoms with Crippen LogP contribution in [0.15, 0.2) is 75.7 Å². The lowest BCUT2D eigenvalue weighted by molar-refractivity contribution is -0.111. The zero-order valence-electron chi connectivity index (χ0n) is 21.4. The number of carbonyl (C=O) groups is 2. The van der Waals surface area contributed by atoms with Gasteiger partial charge in [-0.2, -0.15) is 0 Å². The first-order chi connectivity index (χ1) is 19.2. The fourth-order valence-corrected chi connectivity index (χ4v) is 5.27. The minimum atomic E-state index is -1.00. The molecule has 0 aromatic heterocycles. The van der Waals surface area contributed by atoms with Gasteiger partial charge in [0.05, 0.1) is 22.0 Å². The number of ether oxygens (including phenoxy) is 4. The van der Waals surface area contributed by atoms with E-state index in [-0.39, 0.29) is 18.4 Å². The highest BCUT2D eigenvalue weighted by atomic mass is 79.9. The van der Waals surface area contributed by atoms with Gasteiger partial charge in [-0.15, -0.1) is 0 Å². The molecule has 0 bridgehead atoms. The van der Waals surface area contributed by atoms with Crippen molar-refractivity contribution >= 4 is 60.9 Å². The molecule has 1 aliphatic heterocycles. The third-order valence-electron chi connectivity index (χ3n) is 5.96. The van der Waals surface area contributed by atoms with E-state index in [0.717, 1.165) is 0 Å². The van der Waals surface area contributed by atoms with Crippen molar-refractivity contribution in [3.8, 4) is 17.2 Å². The normalized spacial score (nSPS) is 13.6. The van der Waals surface area contributed by atoms with Crippen molar-refractivity contribution in [2.75, 3.05) is 30.3 Å². The zero-order valence-corrected chi connectivity index (χ0v) is 24.5. The third-order valence-corrected chi connectivity index (χ3v) is 7.03. The Hall–Kier alpha value is -3.74. The molecular formula is C28H27Br2N3O7. The topological polar surface area (TPSA) is 141 Å². The van der Waals surface area contributed by atoms with Crippen LogP contribution in [0.25, 0.3) is 0 Å². The van der Waals surface area contributed by atoms with Gasteiger partial charge in [0.1, 0.15) is 5.75 Å². The molecule has 4 rings (SSSR count). The summed E-state index contributed by atoms with van der Waals surface area (Å²) in [4.78, 5) is 25.3. The van der Waals surface area contributed by atoms with Gasteiger partial charge in [-0.25, -0.2) is 4.79 Å². The van der Waals surface area contributed by atoms with Crippen LogP contribution in [-0.2, 0) is 14.3 Å². The Balaban J connectivity index is 1.47. The van der Waals surface area contributed by atoms with Gasteiger partial charge >= 0.3 is 6.09 Å². The summed E-state index contributed by atoms with van der Waals surface area (Å²) in [6.07, 6.45) is 1.41. The van der Waals surface area contributed by atoms with Crippen LogP contribution in [0, 0.1) is 0 Å². The quantitative estimate of drug-likeness (QED) is 0.141. The number of fused-ring (bicyclic) bond motifs is 1. The van der Waals surface area contributed by atoms with Gasteiger partial charge in [0, 0.05) is 28.9 Å². The number of anilines is 3. The number of nitrogens with one attached hydrogen (secondary N) is 2. The molecule has 0 aliphatic carbocycles. The molecule has 210 valence electrons. The Labute approximate surface area is 247 Å². The number of nitrogen functional groups attached to an aromatic ring is 1. The standard InChI is InChI=1S/C28H27Br2N3O7/c1-37-23(8-4-5-9-25(34)33-21-7-3-2-6-20(21)31)27(18-12-16(29)13-19(30)26(18)35)40-28(36)32-17-10-11-22-24(14-17)39-15-38-22/h2-3,5-7,9-14,23,27,35H,4,8,15,31H2,1H3,(H,32,36)(H,33,34)/b9-5+/t23-,27-/m0/s1. The van der Waals surface area contributed by atoms with Crippen molar-refractivity contribution in [2.45, 2.75) is 25.0 Å². The highest BCUT2D eigenvalue weighted by molar-refractivity contribution is 9.11. The monoisotopic (exact) mass is 675 g/mol. The van der Waals surface area contributed by atoms with Crippen LogP contribution in [0.5, 0.6) is 17.2 Å². The van der Waals surface area contributed by atoms with E-state index >= 15 is 0 Å². The minimum Gasteiger partial charge on any atom is -0.506 e. The second-order valence-electron chi connectivity index (χ2n) is 8.67. The molecule has 1 heterocycles. The number of carbonyl (C=O) groups excluding carboxylic acids is 2. The number of hydrogen-bond donors (Lipinski definition) is 4. The van der Waals surface area contributed by atoms with Crippen LogP contribution in [0.2, 0.25) is 0 Å². The molecule has 5 N–H and O–H groups in total. The molecule has 0 fully saturated rings. The van der Waals surface area contributed by atoms with Crippen molar-refractivity contribution in [2.24, 2.45) is 0 Å². The van der Waals surface area contributed by atoms with Crippen molar-refractivity contribution in [3.63, 3.8) is 0 Å². The number of allylic oxidation sites excluding steroid dienone is 1. The fourth-order valence-electron chi connectivity index (χ4n) is 4.01. The smallest absolute Gasteiger partial charge is 0.412 e. The number of phenolic OH excluding ortho intramolecular Hbond substituents is 1. The Morgan fingerprint density at radius 1 is 1.10 bits per heavy atom. The van der Waals surface area contributed by atoms with E-state index in [1.807, 2.05) is 0 Å². The number of para-hydroxylation sites is 2. The van der Waals surface area contributed by atoms with E-state index in [1.54, 1.807) is 60.7 Å². The molecule has 0 saturated carbocycles. The summed E-state index contributed by atoms with van der Waals surface area (Å²) in [5.41, 5.74) is 7.62. The number of methoxy groups -OCH3 is 1. The Kier molecular flexibility index (Phi) is 9.91. The highest BCUT2D eigenvalue weighted by Crippen LogP contribution is 2.40. The molecule has 1 aliphatic rings. The molecule has 3 aromatic rings. The molecule has 0 saturated heterocycles. The van der Waals surface area contributed by atoms with E-state index in [9.17, 15) is 14.7 Å². The number of rotatable bonds is 10. The van der Waals surface area contributed by atoms with E-state index in [4.69, 9.17) is 24.7 Å². The van der Waals surface area contributed by atoms with Crippen LogP contribution in [0.3, 0.4) is 0 Å². The first-order valence-electron chi connectivity index (χ1n) is 12.1. The molecule has 10 nitrogen and oxygen atoms in total. The largest absolute Gasteiger partial charge is 0.506 e. The molecule has 0 radical (unpaired) electrons. The van der Waals surface area contributed by atoms with Gasteiger partial charge in [0.2, 0.25) is 12.7 Å². The molecule has 0 unspecified atom stereocenters. The predicted octanol–water partition coefficient (Wildman–Crippen LogP) is 6.51.